The van der Waals surface area contributed by atoms with Gasteiger partial charge in [-0.1, -0.05) is 0 Å². The van der Waals surface area contributed by atoms with Gasteiger partial charge in [0.15, 0.2) is 0 Å². The van der Waals surface area contributed by atoms with Gasteiger partial charge in [0.2, 0.25) is 17.4 Å². The van der Waals surface area contributed by atoms with Crippen molar-refractivity contribution in [1.29, 1.82) is 0 Å². The molecule has 18 heavy (non-hydrogen) atoms. The van der Waals surface area contributed by atoms with Crippen LogP contribution in [0.2, 0.25) is 0 Å². The van der Waals surface area contributed by atoms with Crippen molar-refractivity contribution in [2.24, 2.45) is 0 Å². The van der Waals surface area contributed by atoms with E-state index in [-0.39, 0.29) is 0 Å². The van der Waals surface area contributed by atoms with Crippen molar-refractivity contribution in [2.45, 2.75) is 0 Å². The summed E-state index contributed by atoms with van der Waals surface area (Å²) >= 11 is 0. The highest BCUT2D eigenvalue weighted by Gasteiger charge is 2.16. The molecular formula is C9H8N8O. The fraction of sp³-hybridized carbons (Fsp3) is 0.111. The average Bonchev–Trinajstić information content (AvgIpc) is 3.10. The third-order valence-electron chi connectivity index (χ3n) is 2.24. The standard InChI is InChI=1S/C9H8N8O/c1-18-7-8(16-5-10-2-14-16)12-4-13-9(7)17-6-11-3-15-17/h2-6H,1H3. The molecule has 0 fully saturated rings. The summed E-state index contributed by atoms with van der Waals surface area (Å²) in [6.45, 7) is 0. The molecule has 3 heterocycles. The third kappa shape index (κ3) is 1.57. The monoisotopic (exact) mass is 244 g/mol. The topological polar surface area (TPSA) is 96.4 Å². The second-order valence-corrected chi connectivity index (χ2v) is 3.23. The van der Waals surface area contributed by atoms with Crippen LogP contribution in [0.15, 0.2) is 31.6 Å². The molecule has 0 aromatic carbocycles. The zero-order valence-corrected chi connectivity index (χ0v) is 9.37. The first kappa shape index (κ1) is 10.3. The van der Waals surface area contributed by atoms with E-state index in [2.05, 4.69) is 30.1 Å². The zero-order valence-electron chi connectivity index (χ0n) is 9.37. The number of aromatic nitrogens is 8. The highest BCUT2D eigenvalue weighted by atomic mass is 16.5. The molecule has 0 aliphatic carbocycles. The van der Waals surface area contributed by atoms with E-state index in [9.17, 15) is 0 Å². The van der Waals surface area contributed by atoms with Crippen LogP contribution >= 0.6 is 0 Å². The van der Waals surface area contributed by atoms with Gasteiger partial charge in [-0.2, -0.15) is 19.6 Å². The van der Waals surface area contributed by atoms with Gasteiger partial charge in [-0.25, -0.2) is 19.9 Å². The van der Waals surface area contributed by atoms with Crippen molar-refractivity contribution >= 4 is 0 Å². The normalized spacial score (nSPS) is 10.5. The maximum absolute atomic E-state index is 5.32. The van der Waals surface area contributed by atoms with Crippen LogP contribution in [0.3, 0.4) is 0 Å². The molecule has 0 bridgehead atoms. The molecule has 3 rings (SSSR count). The Morgan fingerprint density at radius 1 is 0.889 bits per heavy atom. The van der Waals surface area contributed by atoms with E-state index in [0.29, 0.717) is 17.4 Å². The van der Waals surface area contributed by atoms with Gasteiger partial charge in [0, 0.05) is 0 Å². The smallest absolute Gasteiger partial charge is 0.209 e. The van der Waals surface area contributed by atoms with Crippen LogP contribution < -0.4 is 4.74 Å². The van der Waals surface area contributed by atoms with Gasteiger partial charge in [-0.15, -0.1) is 0 Å². The lowest BCUT2D eigenvalue weighted by atomic mass is 10.4. The fourth-order valence-electron chi connectivity index (χ4n) is 1.50. The van der Waals surface area contributed by atoms with Crippen molar-refractivity contribution in [3.05, 3.63) is 31.6 Å². The Morgan fingerprint density at radius 2 is 1.44 bits per heavy atom. The molecule has 3 aromatic heterocycles. The van der Waals surface area contributed by atoms with Gasteiger partial charge >= 0.3 is 0 Å². The maximum Gasteiger partial charge on any atom is 0.209 e. The van der Waals surface area contributed by atoms with Gasteiger partial charge in [0.25, 0.3) is 0 Å². The van der Waals surface area contributed by atoms with Crippen molar-refractivity contribution in [2.75, 3.05) is 7.11 Å². The van der Waals surface area contributed by atoms with Crippen LogP contribution in [0, 0.1) is 0 Å². The molecule has 90 valence electrons. The van der Waals surface area contributed by atoms with E-state index in [1.165, 1.54) is 48.1 Å². The molecule has 0 unspecified atom stereocenters. The predicted octanol–water partition coefficient (Wildman–Crippen LogP) is -0.353. The summed E-state index contributed by atoms with van der Waals surface area (Å²) in [5.74, 6) is 1.40. The van der Waals surface area contributed by atoms with Crippen LogP contribution in [0.1, 0.15) is 0 Å². The number of rotatable bonds is 3. The van der Waals surface area contributed by atoms with E-state index in [1.807, 2.05) is 0 Å². The molecule has 9 nitrogen and oxygen atoms in total. The minimum absolute atomic E-state index is 0.438. The number of methoxy groups -OCH3 is 1. The highest BCUT2D eigenvalue weighted by Crippen LogP contribution is 2.24. The molecular weight excluding hydrogens is 236 g/mol. The SMILES string of the molecule is COc1c(-n2cncn2)ncnc1-n1cncn1. The number of ether oxygens (including phenoxy) is 1. The van der Waals surface area contributed by atoms with Crippen LogP contribution in [0.25, 0.3) is 11.6 Å². The Kier molecular flexibility index (Phi) is 2.41. The summed E-state index contributed by atoms with van der Waals surface area (Å²) in [4.78, 5) is 16.0. The Hall–Kier alpha value is -2.84. The average molecular weight is 244 g/mol. The lowest BCUT2D eigenvalue weighted by Gasteiger charge is -2.10. The van der Waals surface area contributed by atoms with E-state index in [0.717, 1.165) is 0 Å². The second kappa shape index (κ2) is 4.20. The van der Waals surface area contributed by atoms with Gasteiger partial charge in [-0.3, -0.25) is 0 Å². The van der Waals surface area contributed by atoms with Gasteiger partial charge < -0.3 is 4.74 Å². The van der Waals surface area contributed by atoms with Crippen LogP contribution in [0.5, 0.6) is 5.75 Å². The van der Waals surface area contributed by atoms with Crippen molar-refractivity contribution in [1.82, 2.24) is 39.5 Å². The summed E-state index contributed by atoms with van der Waals surface area (Å²) in [5, 5.41) is 8.02. The molecule has 0 N–H and O–H groups in total. The third-order valence-corrected chi connectivity index (χ3v) is 2.24. The number of hydrogen-bond donors (Lipinski definition) is 0. The molecule has 0 radical (unpaired) electrons. The molecule has 0 spiro atoms. The molecule has 0 aliphatic rings. The summed E-state index contributed by atoms with van der Waals surface area (Å²) in [6, 6.07) is 0. The predicted molar refractivity (Wildman–Crippen MR) is 58.4 cm³/mol. The summed E-state index contributed by atoms with van der Waals surface area (Å²) < 4.78 is 8.30. The molecule has 0 amide bonds. The zero-order chi connectivity index (χ0) is 12.4. The summed E-state index contributed by atoms with van der Waals surface area (Å²) in [7, 11) is 1.53. The molecule has 0 atom stereocenters. The van der Waals surface area contributed by atoms with Crippen LogP contribution in [-0.4, -0.2) is 46.6 Å². The Bertz CT molecular complexity index is 580. The van der Waals surface area contributed by atoms with E-state index in [4.69, 9.17) is 4.74 Å². The first-order chi connectivity index (χ1) is 8.90. The van der Waals surface area contributed by atoms with Crippen molar-refractivity contribution in [3.8, 4) is 17.4 Å². The lowest BCUT2D eigenvalue weighted by molar-refractivity contribution is 0.403. The first-order valence-corrected chi connectivity index (χ1v) is 4.99. The molecule has 0 aliphatic heterocycles. The van der Waals surface area contributed by atoms with Crippen molar-refractivity contribution in [3.63, 3.8) is 0 Å². The Labute approximate surface area is 101 Å². The Morgan fingerprint density at radius 3 is 1.83 bits per heavy atom. The molecule has 0 saturated carbocycles. The molecule has 9 heteroatoms. The van der Waals surface area contributed by atoms with E-state index in [1.54, 1.807) is 0 Å². The largest absolute Gasteiger partial charge is 0.490 e. The second-order valence-electron chi connectivity index (χ2n) is 3.23. The summed E-state index contributed by atoms with van der Waals surface area (Å²) in [6.07, 6.45) is 7.27. The molecule has 0 saturated heterocycles. The van der Waals surface area contributed by atoms with E-state index < -0.39 is 0 Å². The summed E-state index contributed by atoms with van der Waals surface area (Å²) in [5.41, 5.74) is 0. The minimum atomic E-state index is 0.438. The minimum Gasteiger partial charge on any atom is -0.490 e. The molecule has 3 aromatic rings. The quantitative estimate of drug-likeness (QED) is 0.621. The lowest BCUT2D eigenvalue weighted by Crippen LogP contribution is -2.08. The number of hydrogen-bond acceptors (Lipinski definition) is 7. The fourth-order valence-corrected chi connectivity index (χ4v) is 1.50. The van der Waals surface area contributed by atoms with Gasteiger partial charge in [0.05, 0.1) is 7.11 Å². The maximum atomic E-state index is 5.32. The van der Waals surface area contributed by atoms with Crippen LogP contribution in [-0.2, 0) is 0 Å². The van der Waals surface area contributed by atoms with E-state index >= 15 is 0 Å². The van der Waals surface area contributed by atoms with Crippen LogP contribution in [0.4, 0.5) is 0 Å². The van der Waals surface area contributed by atoms with Gasteiger partial charge in [0.1, 0.15) is 31.6 Å². The highest BCUT2D eigenvalue weighted by molar-refractivity contribution is 5.50. The Balaban J connectivity index is 2.20. The van der Waals surface area contributed by atoms with Crippen molar-refractivity contribution < 1.29 is 4.74 Å². The van der Waals surface area contributed by atoms with Gasteiger partial charge in [-0.05, 0) is 0 Å². The first-order valence-electron chi connectivity index (χ1n) is 4.99. The number of nitrogens with zero attached hydrogens (tertiary/aromatic N) is 8.